The van der Waals surface area contributed by atoms with E-state index >= 15 is 0 Å². The van der Waals surface area contributed by atoms with E-state index < -0.39 is 0 Å². The Morgan fingerprint density at radius 2 is 1.86 bits per heavy atom. The lowest BCUT2D eigenvalue weighted by molar-refractivity contribution is 0.0900. The van der Waals surface area contributed by atoms with Crippen LogP contribution in [0.3, 0.4) is 0 Å². The lowest BCUT2D eigenvalue weighted by atomic mass is 10.0. The van der Waals surface area contributed by atoms with Gasteiger partial charge in [-0.15, -0.1) is 0 Å². The summed E-state index contributed by atoms with van der Waals surface area (Å²) in [5.41, 5.74) is 1.89. The van der Waals surface area contributed by atoms with Crippen LogP contribution in [0.15, 0.2) is 24.3 Å². The molecular weight excluding hydrogens is 274 g/mol. The van der Waals surface area contributed by atoms with Crippen molar-refractivity contribution in [3.8, 4) is 0 Å². The highest BCUT2D eigenvalue weighted by molar-refractivity contribution is 5.94. The Bertz CT molecular complexity index is 476. The first-order valence-corrected chi connectivity index (χ1v) is 8.37. The molecule has 0 aromatic heterocycles. The molecular formula is C18H29N3O. The van der Waals surface area contributed by atoms with E-state index in [1.165, 1.54) is 0 Å². The summed E-state index contributed by atoms with van der Waals surface area (Å²) in [5.74, 6) is 0.0497. The molecule has 0 saturated carbocycles. The second-order valence-electron chi connectivity index (χ2n) is 6.44. The smallest absolute Gasteiger partial charge is 0.251 e. The lowest BCUT2D eigenvalue weighted by Gasteiger charge is -2.34. The highest BCUT2D eigenvalue weighted by Crippen LogP contribution is 2.16. The van der Waals surface area contributed by atoms with Crippen molar-refractivity contribution in [2.24, 2.45) is 0 Å². The molecule has 0 aliphatic carbocycles. The Labute approximate surface area is 134 Å². The van der Waals surface area contributed by atoms with Crippen LogP contribution in [0.25, 0.3) is 0 Å². The predicted octanol–water partition coefficient (Wildman–Crippen LogP) is 2.75. The van der Waals surface area contributed by atoms with E-state index in [0.29, 0.717) is 12.1 Å². The van der Waals surface area contributed by atoms with Gasteiger partial charge in [0, 0.05) is 50.0 Å². The van der Waals surface area contributed by atoms with E-state index in [0.717, 1.165) is 43.7 Å². The molecule has 0 bridgehead atoms. The fraction of sp³-hybridized carbons (Fsp3) is 0.611. The van der Waals surface area contributed by atoms with Crippen molar-refractivity contribution < 1.29 is 4.79 Å². The van der Waals surface area contributed by atoms with Crippen molar-refractivity contribution in [3.63, 3.8) is 0 Å². The van der Waals surface area contributed by atoms with Crippen LogP contribution in [0.5, 0.6) is 0 Å². The summed E-state index contributed by atoms with van der Waals surface area (Å²) in [6.45, 7) is 9.68. The number of nitrogens with one attached hydrogen (secondary N) is 1. The molecule has 122 valence electrons. The van der Waals surface area contributed by atoms with Crippen molar-refractivity contribution in [2.45, 2.75) is 45.7 Å². The van der Waals surface area contributed by atoms with Crippen molar-refractivity contribution in [1.29, 1.82) is 0 Å². The highest BCUT2D eigenvalue weighted by atomic mass is 16.1. The minimum Gasteiger partial charge on any atom is -0.375 e. The molecule has 1 aromatic carbocycles. The number of nitrogens with zero attached hydrogens (tertiary/aromatic N) is 2. The monoisotopic (exact) mass is 303 g/mol. The van der Waals surface area contributed by atoms with Crippen molar-refractivity contribution in [1.82, 2.24) is 10.2 Å². The molecule has 1 N–H and O–H groups in total. The van der Waals surface area contributed by atoms with E-state index in [4.69, 9.17) is 0 Å². The molecule has 4 heteroatoms. The molecule has 0 radical (unpaired) electrons. The minimum absolute atomic E-state index is 0.0497. The number of piperidine rings is 1. The molecule has 1 aliphatic rings. The number of hydrogen-bond acceptors (Lipinski definition) is 3. The van der Waals surface area contributed by atoms with Gasteiger partial charge >= 0.3 is 0 Å². The van der Waals surface area contributed by atoms with Crippen LogP contribution in [0.4, 0.5) is 5.69 Å². The van der Waals surface area contributed by atoms with Crippen LogP contribution in [0, 0.1) is 0 Å². The molecule has 1 heterocycles. The van der Waals surface area contributed by atoms with Crippen molar-refractivity contribution in [2.75, 3.05) is 31.6 Å². The van der Waals surface area contributed by atoms with Gasteiger partial charge in [-0.2, -0.15) is 0 Å². The van der Waals surface area contributed by atoms with Gasteiger partial charge in [-0.3, -0.25) is 4.79 Å². The summed E-state index contributed by atoms with van der Waals surface area (Å²) >= 11 is 0. The van der Waals surface area contributed by atoms with E-state index in [2.05, 4.69) is 42.9 Å². The van der Waals surface area contributed by atoms with Gasteiger partial charge in [0.2, 0.25) is 0 Å². The average Bonchev–Trinajstić information content (AvgIpc) is 2.54. The van der Waals surface area contributed by atoms with Gasteiger partial charge in [-0.1, -0.05) is 0 Å². The third-order valence-corrected chi connectivity index (χ3v) is 4.64. The molecule has 1 aliphatic heterocycles. The number of hydrogen-bond donors (Lipinski definition) is 1. The van der Waals surface area contributed by atoms with Gasteiger partial charge in [0.15, 0.2) is 0 Å². The molecule has 0 atom stereocenters. The van der Waals surface area contributed by atoms with Crippen LogP contribution < -0.4 is 10.2 Å². The SMILES string of the molecule is CCN(C)c1ccc(C(=O)NC2CCN(C(C)C)CC2)cc1. The summed E-state index contributed by atoms with van der Waals surface area (Å²) in [4.78, 5) is 17.0. The number of carbonyl (C=O) groups excluding carboxylic acids is 1. The standard InChI is InChI=1S/C18H29N3O/c1-5-20(4)17-8-6-15(7-9-17)18(22)19-16-10-12-21(13-11-16)14(2)3/h6-9,14,16H,5,10-13H2,1-4H3,(H,19,22). The summed E-state index contributed by atoms with van der Waals surface area (Å²) in [6, 6.07) is 8.76. The number of likely N-dealkylation sites (tertiary alicyclic amines) is 1. The van der Waals surface area contributed by atoms with Crippen molar-refractivity contribution in [3.05, 3.63) is 29.8 Å². The number of rotatable bonds is 5. The van der Waals surface area contributed by atoms with Gasteiger partial charge in [-0.25, -0.2) is 0 Å². The Kier molecular flexibility index (Phi) is 5.83. The van der Waals surface area contributed by atoms with E-state index in [1.807, 2.05) is 24.3 Å². The first-order chi connectivity index (χ1) is 10.5. The maximum absolute atomic E-state index is 12.3. The number of carbonyl (C=O) groups is 1. The third kappa shape index (κ3) is 4.23. The van der Waals surface area contributed by atoms with Crippen LogP contribution in [-0.4, -0.2) is 49.6 Å². The zero-order valence-electron chi connectivity index (χ0n) is 14.3. The van der Waals surface area contributed by atoms with Gasteiger partial charge in [0.05, 0.1) is 0 Å². The van der Waals surface area contributed by atoms with Crippen LogP contribution in [-0.2, 0) is 0 Å². The first-order valence-electron chi connectivity index (χ1n) is 8.37. The van der Waals surface area contributed by atoms with E-state index in [1.54, 1.807) is 0 Å². The molecule has 1 aromatic rings. The minimum atomic E-state index is 0.0497. The highest BCUT2D eigenvalue weighted by Gasteiger charge is 2.22. The zero-order chi connectivity index (χ0) is 16.1. The summed E-state index contributed by atoms with van der Waals surface area (Å²) < 4.78 is 0. The van der Waals surface area contributed by atoms with E-state index in [9.17, 15) is 4.79 Å². The largest absolute Gasteiger partial charge is 0.375 e. The number of anilines is 1. The number of amides is 1. The lowest BCUT2D eigenvalue weighted by Crippen LogP contribution is -2.46. The van der Waals surface area contributed by atoms with Gasteiger partial charge in [-0.05, 0) is 57.9 Å². The molecule has 22 heavy (non-hydrogen) atoms. The number of benzene rings is 1. The Hall–Kier alpha value is -1.55. The molecule has 0 spiro atoms. The summed E-state index contributed by atoms with van der Waals surface area (Å²) in [7, 11) is 2.05. The zero-order valence-corrected chi connectivity index (χ0v) is 14.3. The Morgan fingerprint density at radius 1 is 1.27 bits per heavy atom. The molecule has 1 amide bonds. The Morgan fingerprint density at radius 3 is 2.36 bits per heavy atom. The fourth-order valence-corrected chi connectivity index (χ4v) is 2.88. The second kappa shape index (κ2) is 7.63. The van der Waals surface area contributed by atoms with Gasteiger partial charge in [0.1, 0.15) is 0 Å². The maximum Gasteiger partial charge on any atom is 0.251 e. The van der Waals surface area contributed by atoms with Gasteiger partial charge < -0.3 is 15.1 Å². The topological polar surface area (TPSA) is 35.6 Å². The normalized spacial score (nSPS) is 16.8. The molecule has 1 saturated heterocycles. The first kappa shape index (κ1) is 16.8. The summed E-state index contributed by atoms with van der Waals surface area (Å²) in [6.07, 6.45) is 2.08. The van der Waals surface area contributed by atoms with Crippen molar-refractivity contribution >= 4 is 11.6 Å². The second-order valence-corrected chi connectivity index (χ2v) is 6.44. The molecule has 1 fully saturated rings. The average molecular weight is 303 g/mol. The van der Waals surface area contributed by atoms with Gasteiger partial charge in [0.25, 0.3) is 5.91 Å². The molecule has 0 unspecified atom stereocenters. The maximum atomic E-state index is 12.3. The molecule has 4 nitrogen and oxygen atoms in total. The quantitative estimate of drug-likeness (QED) is 0.908. The van der Waals surface area contributed by atoms with Crippen LogP contribution in [0.2, 0.25) is 0 Å². The van der Waals surface area contributed by atoms with Crippen LogP contribution >= 0.6 is 0 Å². The van der Waals surface area contributed by atoms with Crippen LogP contribution in [0.1, 0.15) is 44.0 Å². The molecule has 2 rings (SSSR count). The predicted molar refractivity (Wildman–Crippen MR) is 92.6 cm³/mol. The Balaban J connectivity index is 1.87. The third-order valence-electron chi connectivity index (χ3n) is 4.64. The summed E-state index contributed by atoms with van der Waals surface area (Å²) in [5, 5.41) is 3.18. The van der Waals surface area contributed by atoms with E-state index in [-0.39, 0.29) is 5.91 Å². The fourth-order valence-electron chi connectivity index (χ4n) is 2.88.